The van der Waals surface area contributed by atoms with Crippen LogP contribution in [0, 0.1) is 24.7 Å². The largest absolute Gasteiger partial charge is 0.317 e. The molecule has 2 rings (SSSR count). The van der Waals surface area contributed by atoms with Crippen LogP contribution in [0.4, 0.5) is 0 Å². The van der Waals surface area contributed by atoms with Crippen LogP contribution in [0.2, 0.25) is 0 Å². The van der Waals surface area contributed by atoms with Crippen molar-refractivity contribution in [1.29, 1.82) is 0 Å². The Kier molecular flexibility index (Phi) is 5.45. The molecule has 19 heavy (non-hydrogen) atoms. The number of aryl methyl sites for hydroxylation is 1. The fourth-order valence-electron chi connectivity index (χ4n) is 3.55. The summed E-state index contributed by atoms with van der Waals surface area (Å²) < 4.78 is 0. The summed E-state index contributed by atoms with van der Waals surface area (Å²) in [4.78, 5) is 0. The zero-order valence-electron chi connectivity index (χ0n) is 12.8. The normalized spacial score (nSPS) is 27.4. The standard InChI is InChI=1S/C18H29N/c1-4-19-13-17-9-8-15(3)11-18(17)12-16-7-5-6-14(2)10-16/h5-7,10,15,17-19H,4,8-9,11-13H2,1-3H3. The molecular formula is C18H29N. The van der Waals surface area contributed by atoms with E-state index in [0.717, 1.165) is 24.3 Å². The van der Waals surface area contributed by atoms with Crippen molar-refractivity contribution < 1.29 is 0 Å². The second-order valence-electron chi connectivity index (χ2n) is 6.44. The Bertz CT molecular complexity index is 383. The summed E-state index contributed by atoms with van der Waals surface area (Å²) in [6, 6.07) is 9.07. The van der Waals surface area contributed by atoms with Crippen molar-refractivity contribution >= 4 is 0 Å². The number of rotatable bonds is 5. The van der Waals surface area contributed by atoms with Crippen LogP contribution >= 0.6 is 0 Å². The third kappa shape index (κ3) is 4.35. The lowest BCUT2D eigenvalue weighted by Crippen LogP contribution is -2.33. The molecule has 0 saturated heterocycles. The van der Waals surface area contributed by atoms with Crippen LogP contribution in [0.1, 0.15) is 44.2 Å². The van der Waals surface area contributed by atoms with Gasteiger partial charge in [0.25, 0.3) is 0 Å². The zero-order valence-corrected chi connectivity index (χ0v) is 12.8. The van der Waals surface area contributed by atoms with E-state index in [1.165, 1.54) is 43.4 Å². The molecule has 1 aromatic rings. The third-order valence-electron chi connectivity index (χ3n) is 4.64. The summed E-state index contributed by atoms with van der Waals surface area (Å²) in [6.07, 6.45) is 5.50. The second kappa shape index (κ2) is 7.09. The highest BCUT2D eigenvalue weighted by molar-refractivity contribution is 5.22. The van der Waals surface area contributed by atoms with E-state index in [0.29, 0.717) is 0 Å². The molecule has 0 aliphatic heterocycles. The molecule has 1 aromatic carbocycles. The van der Waals surface area contributed by atoms with E-state index in [2.05, 4.69) is 50.4 Å². The minimum atomic E-state index is 0.865. The van der Waals surface area contributed by atoms with Crippen molar-refractivity contribution in [1.82, 2.24) is 5.32 Å². The van der Waals surface area contributed by atoms with Crippen LogP contribution in [-0.2, 0) is 6.42 Å². The highest BCUT2D eigenvalue weighted by Gasteiger charge is 2.28. The molecule has 0 aromatic heterocycles. The summed E-state index contributed by atoms with van der Waals surface area (Å²) in [5, 5.41) is 3.56. The molecule has 3 unspecified atom stereocenters. The van der Waals surface area contributed by atoms with Gasteiger partial charge in [0.2, 0.25) is 0 Å². The third-order valence-corrected chi connectivity index (χ3v) is 4.64. The Morgan fingerprint density at radius 1 is 1.21 bits per heavy atom. The number of nitrogens with one attached hydrogen (secondary N) is 1. The molecule has 1 fully saturated rings. The zero-order chi connectivity index (χ0) is 13.7. The quantitative estimate of drug-likeness (QED) is 0.835. The first-order valence-electron chi connectivity index (χ1n) is 7.95. The fourth-order valence-corrected chi connectivity index (χ4v) is 3.55. The van der Waals surface area contributed by atoms with Gasteiger partial charge in [-0.25, -0.2) is 0 Å². The lowest BCUT2D eigenvalue weighted by atomic mass is 9.72. The molecule has 1 nitrogen and oxygen atoms in total. The number of benzene rings is 1. The molecule has 0 bridgehead atoms. The van der Waals surface area contributed by atoms with E-state index in [-0.39, 0.29) is 0 Å². The molecule has 1 aliphatic rings. The Hall–Kier alpha value is -0.820. The van der Waals surface area contributed by atoms with Gasteiger partial charge >= 0.3 is 0 Å². The van der Waals surface area contributed by atoms with E-state index in [4.69, 9.17) is 0 Å². The number of hydrogen-bond acceptors (Lipinski definition) is 1. The van der Waals surface area contributed by atoms with Crippen molar-refractivity contribution in [3.8, 4) is 0 Å². The summed E-state index contributed by atoms with van der Waals surface area (Å²) in [5.74, 6) is 2.65. The molecule has 1 N–H and O–H groups in total. The minimum Gasteiger partial charge on any atom is -0.317 e. The second-order valence-corrected chi connectivity index (χ2v) is 6.44. The van der Waals surface area contributed by atoms with Gasteiger partial charge in [0.05, 0.1) is 0 Å². The van der Waals surface area contributed by atoms with E-state index >= 15 is 0 Å². The molecule has 0 radical (unpaired) electrons. The lowest BCUT2D eigenvalue weighted by molar-refractivity contribution is 0.184. The Morgan fingerprint density at radius 3 is 2.79 bits per heavy atom. The predicted molar refractivity (Wildman–Crippen MR) is 83.4 cm³/mol. The molecule has 3 atom stereocenters. The predicted octanol–water partition coefficient (Wildman–Crippen LogP) is 4.20. The van der Waals surface area contributed by atoms with E-state index in [1.54, 1.807) is 0 Å². The molecule has 1 heteroatoms. The average molecular weight is 259 g/mol. The lowest BCUT2D eigenvalue weighted by Gasteiger charge is -2.35. The van der Waals surface area contributed by atoms with Gasteiger partial charge in [-0.3, -0.25) is 0 Å². The maximum Gasteiger partial charge on any atom is -0.00179 e. The maximum absolute atomic E-state index is 3.56. The van der Waals surface area contributed by atoms with Crippen LogP contribution in [0.15, 0.2) is 24.3 Å². The molecule has 106 valence electrons. The topological polar surface area (TPSA) is 12.0 Å². The van der Waals surface area contributed by atoms with Crippen LogP contribution in [0.5, 0.6) is 0 Å². The highest BCUT2D eigenvalue weighted by atomic mass is 14.8. The van der Waals surface area contributed by atoms with Gasteiger partial charge in [0.1, 0.15) is 0 Å². The molecule has 1 aliphatic carbocycles. The van der Waals surface area contributed by atoms with Gasteiger partial charge in [-0.1, -0.05) is 50.1 Å². The van der Waals surface area contributed by atoms with Gasteiger partial charge in [-0.05, 0) is 62.6 Å². The number of hydrogen-bond donors (Lipinski definition) is 1. The Morgan fingerprint density at radius 2 is 2.05 bits per heavy atom. The first-order valence-corrected chi connectivity index (χ1v) is 7.95. The smallest absolute Gasteiger partial charge is 0.00179 e. The van der Waals surface area contributed by atoms with Crippen LogP contribution in [0.25, 0.3) is 0 Å². The van der Waals surface area contributed by atoms with E-state index in [9.17, 15) is 0 Å². The Labute approximate surface area is 118 Å². The van der Waals surface area contributed by atoms with Gasteiger partial charge in [-0.15, -0.1) is 0 Å². The SMILES string of the molecule is CCNCC1CCC(C)CC1Cc1cccc(C)c1. The summed E-state index contributed by atoms with van der Waals surface area (Å²) in [6.45, 7) is 9.14. The van der Waals surface area contributed by atoms with Crippen molar-refractivity contribution in [2.75, 3.05) is 13.1 Å². The van der Waals surface area contributed by atoms with E-state index in [1.807, 2.05) is 0 Å². The molecular weight excluding hydrogens is 230 g/mol. The van der Waals surface area contributed by atoms with E-state index < -0.39 is 0 Å². The van der Waals surface area contributed by atoms with Gasteiger partial charge in [0.15, 0.2) is 0 Å². The highest BCUT2D eigenvalue weighted by Crippen LogP contribution is 2.35. The average Bonchev–Trinajstić information content (AvgIpc) is 2.38. The van der Waals surface area contributed by atoms with Crippen molar-refractivity contribution in [3.05, 3.63) is 35.4 Å². The molecule has 0 spiro atoms. The van der Waals surface area contributed by atoms with Crippen molar-refractivity contribution in [2.24, 2.45) is 17.8 Å². The summed E-state index contributed by atoms with van der Waals surface area (Å²) >= 11 is 0. The van der Waals surface area contributed by atoms with Crippen molar-refractivity contribution in [2.45, 2.75) is 46.5 Å². The Balaban J connectivity index is 2.00. The monoisotopic (exact) mass is 259 g/mol. The summed E-state index contributed by atoms with van der Waals surface area (Å²) in [5.41, 5.74) is 2.92. The molecule has 0 amide bonds. The van der Waals surface area contributed by atoms with Crippen LogP contribution in [-0.4, -0.2) is 13.1 Å². The van der Waals surface area contributed by atoms with Gasteiger partial charge < -0.3 is 5.32 Å². The first-order chi connectivity index (χ1) is 9.19. The van der Waals surface area contributed by atoms with Crippen LogP contribution < -0.4 is 5.32 Å². The summed E-state index contributed by atoms with van der Waals surface area (Å²) in [7, 11) is 0. The molecule has 0 heterocycles. The molecule has 1 saturated carbocycles. The minimum absolute atomic E-state index is 0.865. The van der Waals surface area contributed by atoms with Gasteiger partial charge in [-0.2, -0.15) is 0 Å². The van der Waals surface area contributed by atoms with Crippen molar-refractivity contribution in [3.63, 3.8) is 0 Å². The fraction of sp³-hybridized carbons (Fsp3) is 0.667. The van der Waals surface area contributed by atoms with Crippen LogP contribution in [0.3, 0.4) is 0 Å². The van der Waals surface area contributed by atoms with Gasteiger partial charge in [0, 0.05) is 0 Å². The first kappa shape index (κ1) is 14.6. The maximum atomic E-state index is 3.56.